The molecular formula is C18H27NO3. The number of benzene rings is 1. The molecule has 1 aliphatic rings. The first-order chi connectivity index (χ1) is 10.6. The van der Waals surface area contributed by atoms with Crippen molar-refractivity contribution < 1.29 is 14.3 Å². The predicted octanol–water partition coefficient (Wildman–Crippen LogP) is 3.15. The second-order valence-electron chi connectivity index (χ2n) is 6.05. The van der Waals surface area contributed by atoms with Crippen LogP contribution in [-0.4, -0.2) is 31.3 Å². The number of hydrogen-bond donors (Lipinski definition) is 1. The Morgan fingerprint density at radius 1 is 1.36 bits per heavy atom. The summed E-state index contributed by atoms with van der Waals surface area (Å²) in [5.41, 5.74) is 2.32. The summed E-state index contributed by atoms with van der Waals surface area (Å²) >= 11 is 0. The maximum atomic E-state index is 12.2. The van der Waals surface area contributed by atoms with Crippen LogP contribution in [0.5, 0.6) is 0 Å². The van der Waals surface area contributed by atoms with Crippen molar-refractivity contribution >= 4 is 5.91 Å². The number of nitrogens with one attached hydrogen (secondary N) is 1. The average molecular weight is 305 g/mol. The van der Waals surface area contributed by atoms with Gasteiger partial charge < -0.3 is 14.8 Å². The van der Waals surface area contributed by atoms with E-state index >= 15 is 0 Å². The Morgan fingerprint density at radius 2 is 2.14 bits per heavy atom. The second kappa shape index (κ2) is 8.30. The highest BCUT2D eigenvalue weighted by atomic mass is 16.5. The quantitative estimate of drug-likeness (QED) is 0.878. The third-order valence-corrected chi connectivity index (χ3v) is 4.19. The molecule has 0 aromatic heterocycles. The standard InChI is InChI=1S/C18H27NO3/c1-13-8-4-5-10-17(13)14(2)19-18(20)15(3)22-12-16-9-6-7-11-21-16/h4-5,8,10,14-16H,6-7,9,11-12H2,1-3H3,(H,19,20)/t14-,15-,16-/m0/s1. The van der Waals surface area contributed by atoms with Gasteiger partial charge in [0.05, 0.1) is 18.8 Å². The van der Waals surface area contributed by atoms with Crippen LogP contribution in [0.3, 0.4) is 0 Å². The fraction of sp³-hybridized carbons (Fsp3) is 0.611. The lowest BCUT2D eigenvalue weighted by atomic mass is 10.0. The molecule has 4 heteroatoms. The van der Waals surface area contributed by atoms with Gasteiger partial charge in [0, 0.05) is 6.61 Å². The van der Waals surface area contributed by atoms with Crippen molar-refractivity contribution in [3.63, 3.8) is 0 Å². The van der Waals surface area contributed by atoms with E-state index in [0.717, 1.165) is 25.0 Å². The lowest BCUT2D eigenvalue weighted by molar-refractivity contribution is -0.136. The summed E-state index contributed by atoms with van der Waals surface area (Å²) < 4.78 is 11.3. The highest BCUT2D eigenvalue weighted by Crippen LogP contribution is 2.17. The maximum Gasteiger partial charge on any atom is 0.249 e. The van der Waals surface area contributed by atoms with Crippen molar-refractivity contribution in [2.24, 2.45) is 0 Å². The van der Waals surface area contributed by atoms with Crippen LogP contribution in [-0.2, 0) is 14.3 Å². The molecule has 0 saturated carbocycles. The van der Waals surface area contributed by atoms with E-state index < -0.39 is 6.10 Å². The predicted molar refractivity (Wildman–Crippen MR) is 86.7 cm³/mol. The van der Waals surface area contributed by atoms with Gasteiger partial charge in [-0.1, -0.05) is 24.3 Å². The second-order valence-corrected chi connectivity index (χ2v) is 6.05. The molecule has 122 valence electrons. The Kier molecular flexibility index (Phi) is 6.40. The number of amides is 1. The fourth-order valence-corrected chi connectivity index (χ4v) is 2.75. The minimum absolute atomic E-state index is 0.0225. The first kappa shape index (κ1) is 17.0. The van der Waals surface area contributed by atoms with E-state index in [4.69, 9.17) is 9.47 Å². The van der Waals surface area contributed by atoms with Crippen LogP contribution in [0.2, 0.25) is 0 Å². The summed E-state index contributed by atoms with van der Waals surface area (Å²) in [5, 5.41) is 3.02. The fourth-order valence-electron chi connectivity index (χ4n) is 2.75. The molecule has 3 atom stereocenters. The summed E-state index contributed by atoms with van der Waals surface area (Å²) in [7, 11) is 0. The molecule has 2 rings (SSSR count). The van der Waals surface area contributed by atoms with Crippen molar-refractivity contribution in [1.29, 1.82) is 0 Å². The molecule has 22 heavy (non-hydrogen) atoms. The molecule has 1 aromatic rings. The number of carbonyl (C=O) groups is 1. The highest BCUT2D eigenvalue weighted by molar-refractivity contribution is 5.80. The molecule has 1 amide bonds. The molecule has 0 radical (unpaired) electrons. The third kappa shape index (κ3) is 4.82. The SMILES string of the molecule is Cc1ccccc1[C@H](C)NC(=O)[C@H](C)OC[C@@H]1CCCCO1. The van der Waals surface area contributed by atoms with E-state index in [1.165, 1.54) is 12.0 Å². The van der Waals surface area contributed by atoms with E-state index in [1.807, 2.05) is 25.1 Å². The van der Waals surface area contributed by atoms with E-state index in [9.17, 15) is 4.79 Å². The van der Waals surface area contributed by atoms with E-state index in [1.54, 1.807) is 6.92 Å². The summed E-state index contributed by atoms with van der Waals surface area (Å²) in [6.07, 6.45) is 3.00. The topological polar surface area (TPSA) is 47.6 Å². The Labute approximate surface area is 133 Å². The van der Waals surface area contributed by atoms with Crippen LogP contribution in [0.25, 0.3) is 0 Å². The summed E-state index contributed by atoms with van der Waals surface area (Å²) in [5.74, 6) is -0.0773. The molecule has 0 bridgehead atoms. The molecule has 0 spiro atoms. The van der Waals surface area contributed by atoms with Crippen molar-refractivity contribution in [3.8, 4) is 0 Å². The van der Waals surface area contributed by atoms with Gasteiger partial charge in [-0.05, 0) is 51.2 Å². The van der Waals surface area contributed by atoms with E-state index in [2.05, 4.69) is 18.3 Å². The molecular weight excluding hydrogens is 278 g/mol. The van der Waals surface area contributed by atoms with Gasteiger partial charge in [-0.25, -0.2) is 0 Å². The first-order valence-electron chi connectivity index (χ1n) is 8.17. The molecule has 1 saturated heterocycles. The van der Waals surface area contributed by atoms with Gasteiger partial charge in [-0.2, -0.15) is 0 Å². The average Bonchev–Trinajstić information content (AvgIpc) is 2.53. The van der Waals surface area contributed by atoms with Crippen molar-refractivity contribution in [2.45, 2.75) is 58.3 Å². The van der Waals surface area contributed by atoms with Crippen molar-refractivity contribution in [3.05, 3.63) is 35.4 Å². The smallest absolute Gasteiger partial charge is 0.249 e. The van der Waals surface area contributed by atoms with Gasteiger partial charge in [0.1, 0.15) is 6.10 Å². The molecule has 1 N–H and O–H groups in total. The van der Waals surface area contributed by atoms with Crippen LogP contribution < -0.4 is 5.32 Å². The zero-order chi connectivity index (χ0) is 15.9. The largest absolute Gasteiger partial charge is 0.376 e. The van der Waals surface area contributed by atoms with Crippen LogP contribution in [0.4, 0.5) is 0 Å². The molecule has 1 aliphatic heterocycles. The molecule has 4 nitrogen and oxygen atoms in total. The summed E-state index contributed by atoms with van der Waals surface area (Å²) in [6.45, 7) is 7.14. The lowest BCUT2D eigenvalue weighted by Crippen LogP contribution is -2.38. The van der Waals surface area contributed by atoms with Crippen LogP contribution >= 0.6 is 0 Å². The highest BCUT2D eigenvalue weighted by Gasteiger charge is 2.20. The van der Waals surface area contributed by atoms with Gasteiger partial charge in [-0.3, -0.25) is 4.79 Å². The number of rotatable bonds is 6. The number of aryl methyl sites for hydroxylation is 1. The Balaban J connectivity index is 1.79. The molecule has 1 aromatic carbocycles. The minimum Gasteiger partial charge on any atom is -0.376 e. The van der Waals surface area contributed by atoms with E-state index in [-0.39, 0.29) is 18.1 Å². The first-order valence-corrected chi connectivity index (χ1v) is 8.17. The monoisotopic (exact) mass is 305 g/mol. The van der Waals surface area contributed by atoms with Crippen LogP contribution in [0.15, 0.2) is 24.3 Å². The Bertz CT molecular complexity index is 483. The number of carbonyl (C=O) groups excluding carboxylic acids is 1. The van der Waals surface area contributed by atoms with Gasteiger partial charge in [0.15, 0.2) is 0 Å². The number of hydrogen-bond acceptors (Lipinski definition) is 3. The van der Waals surface area contributed by atoms with E-state index in [0.29, 0.717) is 6.61 Å². The minimum atomic E-state index is -0.461. The van der Waals surface area contributed by atoms with Crippen molar-refractivity contribution in [1.82, 2.24) is 5.32 Å². The molecule has 1 heterocycles. The number of ether oxygens (including phenoxy) is 2. The van der Waals surface area contributed by atoms with Gasteiger partial charge >= 0.3 is 0 Å². The third-order valence-electron chi connectivity index (χ3n) is 4.19. The lowest BCUT2D eigenvalue weighted by Gasteiger charge is -2.24. The maximum absolute atomic E-state index is 12.2. The Hall–Kier alpha value is -1.39. The zero-order valence-corrected chi connectivity index (χ0v) is 13.8. The summed E-state index contributed by atoms with van der Waals surface area (Å²) in [6, 6.07) is 8.07. The normalized spacial score (nSPS) is 21.1. The van der Waals surface area contributed by atoms with Crippen LogP contribution in [0, 0.1) is 6.92 Å². The van der Waals surface area contributed by atoms with Gasteiger partial charge in [0.25, 0.3) is 0 Å². The summed E-state index contributed by atoms with van der Waals surface area (Å²) in [4.78, 5) is 12.2. The van der Waals surface area contributed by atoms with Gasteiger partial charge in [-0.15, -0.1) is 0 Å². The van der Waals surface area contributed by atoms with Crippen molar-refractivity contribution in [2.75, 3.05) is 13.2 Å². The van der Waals surface area contributed by atoms with Crippen LogP contribution in [0.1, 0.15) is 50.3 Å². The Morgan fingerprint density at radius 3 is 2.82 bits per heavy atom. The zero-order valence-electron chi connectivity index (χ0n) is 13.8. The molecule has 1 fully saturated rings. The molecule has 0 unspecified atom stereocenters. The molecule has 0 aliphatic carbocycles. The van der Waals surface area contributed by atoms with Gasteiger partial charge in [0.2, 0.25) is 5.91 Å².